The second-order valence-corrected chi connectivity index (χ2v) is 5.27. The van der Waals surface area contributed by atoms with Gasteiger partial charge in [0.15, 0.2) is 0 Å². The SMILES string of the molecule is CCC1COB(O)C1NC(=O)[C@@H]1C[C@@H](O)CN1C. The molecule has 2 aliphatic heterocycles. The highest BCUT2D eigenvalue weighted by Crippen LogP contribution is 2.21. The van der Waals surface area contributed by atoms with E-state index < -0.39 is 13.2 Å². The average molecular weight is 256 g/mol. The molecule has 2 saturated heterocycles. The van der Waals surface area contributed by atoms with Gasteiger partial charge in [-0.15, -0.1) is 0 Å². The summed E-state index contributed by atoms with van der Waals surface area (Å²) in [6.07, 6.45) is 0.853. The van der Waals surface area contributed by atoms with E-state index in [1.165, 1.54) is 0 Å². The molecule has 6 nitrogen and oxygen atoms in total. The molecule has 0 aromatic carbocycles. The number of carbonyl (C=O) groups is 1. The van der Waals surface area contributed by atoms with E-state index in [9.17, 15) is 14.9 Å². The fourth-order valence-electron chi connectivity index (χ4n) is 2.76. The lowest BCUT2D eigenvalue weighted by molar-refractivity contribution is -0.125. The van der Waals surface area contributed by atoms with Crippen molar-refractivity contribution in [3.05, 3.63) is 0 Å². The van der Waals surface area contributed by atoms with Crippen LogP contribution in [0.25, 0.3) is 0 Å². The summed E-state index contributed by atoms with van der Waals surface area (Å²) in [5.41, 5.74) is 0. The zero-order valence-electron chi connectivity index (χ0n) is 10.9. The first-order valence-electron chi connectivity index (χ1n) is 6.51. The molecule has 0 radical (unpaired) electrons. The third-order valence-electron chi connectivity index (χ3n) is 3.96. The standard InChI is InChI=1S/C11H21BN2O4/c1-3-7-6-18-12(17)10(7)13-11(16)9-4-8(15)5-14(9)2/h7-10,15,17H,3-6H2,1-2H3,(H,13,16)/t7?,8-,9+,10?/m1/s1. The van der Waals surface area contributed by atoms with Crippen LogP contribution in [0.5, 0.6) is 0 Å². The van der Waals surface area contributed by atoms with E-state index in [-0.39, 0.29) is 23.8 Å². The highest BCUT2D eigenvalue weighted by atomic mass is 16.5. The van der Waals surface area contributed by atoms with Crippen LogP contribution in [0.2, 0.25) is 0 Å². The minimum absolute atomic E-state index is 0.137. The maximum absolute atomic E-state index is 12.1. The molecule has 102 valence electrons. The molecule has 0 saturated carbocycles. The fraction of sp³-hybridized carbons (Fsp3) is 0.909. The topological polar surface area (TPSA) is 82.0 Å². The van der Waals surface area contributed by atoms with Crippen LogP contribution in [-0.4, -0.2) is 66.3 Å². The molecule has 3 N–H and O–H groups in total. The first kappa shape index (κ1) is 13.8. The van der Waals surface area contributed by atoms with E-state index in [0.29, 0.717) is 19.6 Å². The van der Waals surface area contributed by atoms with E-state index in [1.54, 1.807) is 0 Å². The van der Waals surface area contributed by atoms with Crippen molar-refractivity contribution >= 4 is 13.0 Å². The molecule has 2 rings (SSSR count). The van der Waals surface area contributed by atoms with Crippen LogP contribution in [0.1, 0.15) is 19.8 Å². The summed E-state index contributed by atoms with van der Waals surface area (Å²) in [6, 6.07) is -0.315. The van der Waals surface area contributed by atoms with Gasteiger partial charge < -0.3 is 20.1 Å². The predicted molar refractivity (Wildman–Crippen MR) is 66.7 cm³/mol. The van der Waals surface area contributed by atoms with Crippen LogP contribution in [0.3, 0.4) is 0 Å². The van der Waals surface area contributed by atoms with Crippen LogP contribution < -0.4 is 5.32 Å². The van der Waals surface area contributed by atoms with Gasteiger partial charge >= 0.3 is 7.12 Å². The average Bonchev–Trinajstić information content (AvgIpc) is 2.83. The summed E-state index contributed by atoms with van der Waals surface area (Å²) in [7, 11) is 0.898. The largest absolute Gasteiger partial charge is 0.478 e. The van der Waals surface area contributed by atoms with Crippen LogP contribution in [-0.2, 0) is 9.45 Å². The molecule has 1 amide bonds. The Kier molecular flexibility index (Phi) is 4.27. The quantitative estimate of drug-likeness (QED) is 0.542. The van der Waals surface area contributed by atoms with Crippen molar-refractivity contribution in [1.82, 2.24) is 10.2 Å². The van der Waals surface area contributed by atoms with Gasteiger partial charge in [0.1, 0.15) is 0 Å². The smallest absolute Gasteiger partial charge is 0.426 e. The third-order valence-corrected chi connectivity index (χ3v) is 3.96. The Morgan fingerprint density at radius 2 is 2.33 bits per heavy atom. The normalized spacial score (nSPS) is 37.2. The van der Waals surface area contributed by atoms with Crippen molar-refractivity contribution in [2.45, 2.75) is 37.9 Å². The molecule has 0 aromatic heterocycles. The van der Waals surface area contributed by atoms with Gasteiger partial charge in [-0.25, -0.2) is 0 Å². The Bertz CT molecular complexity index is 317. The molecular formula is C11H21BN2O4. The van der Waals surface area contributed by atoms with Crippen molar-refractivity contribution in [1.29, 1.82) is 0 Å². The lowest BCUT2D eigenvalue weighted by Gasteiger charge is -2.23. The first-order chi connectivity index (χ1) is 8.52. The number of likely N-dealkylation sites (N-methyl/N-ethyl adjacent to an activating group) is 1. The van der Waals surface area contributed by atoms with E-state index in [0.717, 1.165) is 6.42 Å². The Morgan fingerprint density at radius 1 is 1.61 bits per heavy atom. The maximum Gasteiger partial charge on any atom is 0.478 e. The van der Waals surface area contributed by atoms with Crippen LogP contribution >= 0.6 is 0 Å². The van der Waals surface area contributed by atoms with Crippen molar-refractivity contribution in [2.24, 2.45) is 5.92 Å². The summed E-state index contributed by atoms with van der Waals surface area (Å²) in [6.45, 7) is 3.00. The molecule has 0 aliphatic carbocycles. The lowest BCUT2D eigenvalue weighted by Crippen LogP contribution is -2.52. The van der Waals surface area contributed by atoms with Crippen molar-refractivity contribution in [2.75, 3.05) is 20.2 Å². The number of rotatable bonds is 3. The molecule has 2 unspecified atom stereocenters. The minimum atomic E-state index is -0.921. The number of aliphatic hydroxyl groups is 1. The number of nitrogens with one attached hydrogen (secondary N) is 1. The molecule has 2 aliphatic rings. The van der Waals surface area contributed by atoms with Gasteiger partial charge in [0.2, 0.25) is 5.91 Å². The molecule has 2 heterocycles. The van der Waals surface area contributed by atoms with Crippen molar-refractivity contribution < 1.29 is 19.6 Å². The number of amides is 1. The van der Waals surface area contributed by atoms with Crippen LogP contribution in [0.15, 0.2) is 0 Å². The summed E-state index contributed by atoms with van der Waals surface area (Å²) >= 11 is 0. The molecule has 0 bridgehead atoms. The second kappa shape index (κ2) is 5.56. The van der Waals surface area contributed by atoms with Gasteiger partial charge in [-0.05, 0) is 25.8 Å². The Labute approximate surface area is 107 Å². The number of hydrogen-bond donors (Lipinski definition) is 3. The van der Waals surface area contributed by atoms with Crippen LogP contribution in [0, 0.1) is 5.92 Å². The Morgan fingerprint density at radius 3 is 2.89 bits per heavy atom. The first-order valence-corrected chi connectivity index (χ1v) is 6.51. The zero-order valence-corrected chi connectivity index (χ0v) is 10.9. The van der Waals surface area contributed by atoms with E-state index in [4.69, 9.17) is 4.65 Å². The molecule has 7 heteroatoms. The van der Waals surface area contributed by atoms with Crippen LogP contribution in [0.4, 0.5) is 0 Å². The second-order valence-electron chi connectivity index (χ2n) is 5.27. The van der Waals surface area contributed by atoms with Crippen molar-refractivity contribution in [3.8, 4) is 0 Å². The van der Waals surface area contributed by atoms with Gasteiger partial charge in [0.25, 0.3) is 0 Å². The van der Waals surface area contributed by atoms with Gasteiger partial charge in [-0.2, -0.15) is 0 Å². The molecule has 4 atom stereocenters. The molecule has 0 aromatic rings. The number of nitrogens with zero attached hydrogens (tertiary/aromatic N) is 1. The molecular weight excluding hydrogens is 235 g/mol. The maximum atomic E-state index is 12.1. The van der Waals surface area contributed by atoms with E-state index in [2.05, 4.69) is 5.32 Å². The van der Waals surface area contributed by atoms with Crippen molar-refractivity contribution in [3.63, 3.8) is 0 Å². The number of β-amino-alcohol motifs (C(OH)–C–C–N with tert-alkyl or cyclic N) is 1. The summed E-state index contributed by atoms with van der Waals surface area (Å²) < 4.78 is 5.16. The molecule has 0 spiro atoms. The van der Waals surface area contributed by atoms with Gasteiger partial charge in [-0.1, -0.05) is 6.92 Å². The zero-order chi connectivity index (χ0) is 13.3. The third kappa shape index (κ3) is 2.69. The summed E-state index contributed by atoms with van der Waals surface area (Å²) in [5.74, 6) is -0.323. The van der Waals surface area contributed by atoms with Gasteiger partial charge in [0.05, 0.1) is 18.1 Å². The highest BCUT2D eigenvalue weighted by molar-refractivity contribution is 6.46. The molecule has 2 fully saturated rings. The Hall–Kier alpha value is -0.625. The van der Waals surface area contributed by atoms with Gasteiger partial charge in [-0.3, -0.25) is 9.69 Å². The highest BCUT2D eigenvalue weighted by Gasteiger charge is 2.43. The van der Waals surface area contributed by atoms with E-state index in [1.807, 2.05) is 18.9 Å². The molecule has 18 heavy (non-hydrogen) atoms. The van der Waals surface area contributed by atoms with Gasteiger partial charge in [0, 0.05) is 13.2 Å². The van der Waals surface area contributed by atoms with E-state index >= 15 is 0 Å². The predicted octanol–water partition coefficient (Wildman–Crippen LogP) is -1.39. The fourth-order valence-corrected chi connectivity index (χ4v) is 2.76. The Balaban J connectivity index is 1.94. The monoisotopic (exact) mass is 256 g/mol. The number of aliphatic hydroxyl groups excluding tert-OH is 1. The number of carbonyl (C=O) groups excluding carboxylic acids is 1. The lowest BCUT2D eigenvalue weighted by atomic mass is 9.74. The summed E-state index contributed by atoms with van der Waals surface area (Å²) in [5, 5.41) is 22.1. The number of likely N-dealkylation sites (tertiary alicyclic amines) is 1. The summed E-state index contributed by atoms with van der Waals surface area (Å²) in [4.78, 5) is 14.0. The number of hydrogen-bond acceptors (Lipinski definition) is 5. The minimum Gasteiger partial charge on any atom is -0.426 e.